The van der Waals surface area contributed by atoms with Crippen LogP contribution in [0.4, 0.5) is 0 Å². The molecule has 0 spiro atoms. The van der Waals surface area contributed by atoms with Gasteiger partial charge in [-0.3, -0.25) is 0 Å². The average molecular weight is 142 g/mol. The van der Waals surface area contributed by atoms with Crippen molar-refractivity contribution >= 4 is 0 Å². The van der Waals surface area contributed by atoms with Gasteiger partial charge < -0.3 is 9.47 Å². The highest BCUT2D eigenvalue weighted by Gasteiger charge is 2.24. The molecule has 10 heavy (non-hydrogen) atoms. The van der Waals surface area contributed by atoms with E-state index in [2.05, 4.69) is 0 Å². The summed E-state index contributed by atoms with van der Waals surface area (Å²) >= 11 is 0. The van der Waals surface area contributed by atoms with Crippen LogP contribution < -0.4 is 0 Å². The Labute approximate surface area is 61.8 Å². The van der Waals surface area contributed by atoms with Gasteiger partial charge in [-0.2, -0.15) is 0 Å². The Bertz CT molecular complexity index is 106. The van der Waals surface area contributed by atoms with Crippen molar-refractivity contribution in [2.24, 2.45) is 0 Å². The first-order chi connectivity index (χ1) is 4.88. The highest BCUT2D eigenvalue weighted by atomic mass is 16.5. The molecular weight excluding hydrogens is 128 g/mol. The molecule has 0 aromatic heterocycles. The van der Waals surface area contributed by atoms with Gasteiger partial charge in [-0.15, -0.1) is 0 Å². The summed E-state index contributed by atoms with van der Waals surface area (Å²) < 4.78 is 10.7. The number of hydrogen-bond donors (Lipinski definition) is 0. The fourth-order valence-electron chi connectivity index (χ4n) is 0.978. The molecule has 0 saturated heterocycles. The molecule has 0 aromatic carbocycles. The Hall–Kier alpha value is -0.340. The lowest BCUT2D eigenvalue weighted by molar-refractivity contribution is -0.0369. The van der Waals surface area contributed by atoms with E-state index in [1.807, 2.05) is 26.0 Å². The Balaban J connectivity index is 2.18. The van der Waals surface area contributed by atoms with Gasteiger partial charge in [-0.1, -0.05) is 12.2 Å². The van der Waals surface area contributed by atoms with Gasteiger partial charge in [0.1, 0.15) is 12.2 Å². The maximum Gasteiger partial charge on any atom is 0.105 e. The lowest BCUT2D eigenvalue weighted by atomic mass is 10.0. The topological polar surface area (TPSA) is 18.5 Å². The van der Waals surface area contributed by atoms with E-state index in [0.717, 1.165) is 13.2 Å². The van der Waals surface area contributed by atoms with Gasteiger partial charge in [0, 0.05) is 13.2 Å². The number of hydrogen-bond acceptors (Lipinski definition) is 2. The van der Waals surface area contributed by atoms with Crippen molar-refractivity contribution in [3.05, 3.63) is 12.2 Å². The largest absolute Gasteiger partial charge is 0.371 e. The SMILES string of the molecule is CCOC1C=CC1OCC. The monoisotopic (exact) mass is 142 g/mol. The zero-order valence-electron chi connectivity index (χ0n) is 6.54. The highest BCUT2D eigenvalue weighted by Crippen LogP contribution is 2.16. The minimum Gasteiger partial charge on any atom is -0.371 e. The van der Waals surface area contributed by atoms with Crippen molar-refractivity contribution < 1.29 is 9.47 Å². The molecule has 1 aliphatic carbocycles. The van der Waals surface area contributed by atoms with Crippen molar-refractivity contribution in [2.75, 3.05) is 13.2 Å². The molecule has 2 nitrogen and oxygen atoms in total. The molecule has 1 rings (SSSR count). The fourth-order valence-corrected chi connectivity index (χ4v) is 0.978. The van der Waals surface area contributed by atoms with E-state index in [1.165, 1.54) is 0 Å². The second kappa shape index (κ2) is 3.74. The predicted molar refractivity (Wildman–Crippen MR) is 40.0 cm³/mol. The second-order valence-electron chi connectivity index (χ2n) is 2.22. The summed E-state index contributed by atoms with van der Waals surface area (Å²) in [5.74, 6) is 0. The summed E-state index contributed by atoms with van der Waals surface area (Å²) in [5.41, 5.74) is 0. The third-order valence-corrected chi connectivity index (χ3v) is 1.53. The van der Waals surface area contributed by atoms with E-state index in [4.69, 9.17) is 9.47 Å². The minimum atomic E-state index is 0.213. The Kier molecular flexibility index (Phi) is 2.90. The number of ether oxygens (including phenoxy) is 2. The fraction of sp³-hybridized carbons (Fsp3) is 0.750. The quantitative estimate of drug-likeness (QED) is 0.552. The van der Waals surface area contributed by atoms with Crippen LogP contribution in [-0.2, 0) is 9.47 Å². The van der Waals surface area contributed by atoms with Gasteiger partial charge in [0.15, 0.2) is 0 Å². The van der Waals surface area contributed by atoms with Crippen molar-refractivity contribution in [1.29, 1.82) is 0 Å². The normalized spacial score (nSPS) is 30.2. The van der Waals surface area contributed by atoms with Crippen LogP contribution in [0.5, 0.6) is 0 Å². The molecule has 0 aliphatic heterocycles. The molecule has 0 aromatic rings. The smallest absolute Gasteiger partial charge is 0.105 e. The molecule has 58 valence electrons. The van der Waals surface area contributed by atoms with Crippen molar-refractivity contribution in [1.82, 2.24) is 0 Å². The zero-order chi connectivity index (χ0) is 7.40. The Morgan fingerprint density at radius 3 is 1.60 bits per heavy atom. The molecular formula is C8H14O2. The summed E-state index contributed by atoms with van der Waals surface area (Å²) in [4.78, 5) is 0. The van der Waals surface area contributed by atoms with Crippen LogP contribution >= 0.6 is 0 Å². The summed E-state index contributed by atoms with van der Waals surface area (Å²) in [6, 6.07) is 0. The first kappa shape index (κ1) is 7.76. The van der Waals surface area contributed by atoms with Gasteiger partial charge in [0.25, 0.3) is 0 Å². The van der Waals surface area contributed by atoms with Crippen LogP contribution in [0.3, 0.4) is 0 Å². The molecule has 2 atom stereocenters. The molecule has 0 saturated carbocycles. The van der Waals surface area contributed by atoms with Crippen molar-refractivity contribution in [3.8, 4) is 0 Å². The Morgan fingerprint density at radius 2 is 1.40 bits per heavy atom. The van der Waals surface area contributed by atoms with Crippen LogP contribution in [0, 0.1) is 0 Å². The van der Waals surface area contributed by atoms with Crippen LogP contribution in [0.15, 0.2) is 12.2 Å². The molecule has 2 unspecified atom stereocenters. The molecule has 0 N–H and O–H groups in total. The lowest BCUT2D eigenvalue weighted by Gasteiger charge is -2.28. The van der Waals surface area contributed by atoms with Crippen LogP contribution in [0.1, 0.15) is 13.8 Å². The minimum absolute atomic E-state index is 0.213. The average Bonchev–Trinajstić information content (AvgIpc) is 1.93. The Morgan fingerprint density at radius 1 is 1.00 bits per heavy atom. The molecule has 0 amide bonds. The van der Waals surface area contributed by atoms with Gasteiger partial charge in [-0.25, -0.2) is 0 Å². The van der Waals surface area contributed by atoms with Crippen LogP contribution in [0.25, 0.3) is 0 Å². The lowest BCUT2D eigenvalue weighted by Crippen LogP contribution is -2.35. The standard InChI is InChI=1S/C8H14O2/c1-3-9-7-5-6-8(7)10-4-2/h5-8H,3-4H2,1-2H3. The first-order valence-corrected chi connectivity index (χ1v) is 3.80. The molecule has 0 radical (unpaired) electrons. The maximum atomic E-state index is 5.33. The van der Waals surface area contributed by atoms with Gasteiger partial charge in [0.05, 0.1) is 0 Å². The van der Waals surface area contributed by atoms with Crippen LogP contribution in [0.2, 0.25) is 0 Å². The third-order valence-electron chi connectivity index (χ3n) is 1.53. The summed E-state index contributed by atoms with van der Waals surface area (Å²) in [6.45, 7) is 5.52. The van der Waals surface area contributed by atoms with Gasteiger partial charge in [0.2, 0.25) is 0 Å². The summed E-state index contributed by atoms with van der Waals surface area (Å²) in [5, 5.41) is 0. The van der Waals surface area contributed by atoms with Gasteiger partial charge in [-0.05, 0) is 13.8 Å². The van der Waals surface area contributed by atoms with E-state index in [9.17, 15) is 0 Å². The van der Waals surface area contributed by atoms with Crippen molar-refractivity contribution in [3.63, 3.8) is 0 Å². The highest BCUT2D eigenvalue weighted by molar-refractivity contribution is 5.12. The molecule has 1 aliphatic rings. The van der Waals surface area contributed by atoms with E-state index in [-0.39, 0.29) is 12.2 Å². The number of rotatable bonds is 4. The van der Waals surface area contributed by atoms with E-state index in [1.54, 1.807) is 0 Å². The summed E-state index contributed by atoms with van der Waals surface area (Å²) in [7, 11) is 0. The maximum absolute atomic E-state index is 5.33. The molecule has 0 bridgehead atoms. The summed E-state index contributed by atoms with van der Waals surface area (Å²) in [6.07, 6.45) is 4.49. The van der Waals surface area contributed by atoms with Crippen molar-refractivity contribution in [2.45, 2.75) is 26.1 Å². The van der Waals surface area contributed by atoms with E-state index in [0.29, 0.717) is 0 Å². The van der Waals surface area contributed by atoms with Crippen LogP contribution in [-0.4, -0.2) is 25.4 Å². The zero-order valence-corrected chi connectivity index (χ0v) is 6.54. The third kappa shape index (κ3) is 1.58. The molecule has 0 heterocycles. The van der Waals surface area contributed by atoms with E-state index < -0.39 is 0 Å². The predicted octanol–water partition coefficient (Wildman–Crippen LogP) is 1.37. The molecule has 0 fully saturated rings. The van der Waals surface area contributed by atoms with E-state index >= 15 is 0 Å². The first-order valence-electron chi connectivity index (χ1n) is 3.80. The second-order valence-corrected chi connectivity index (χ2v) is 2.22. The van der Waals surface area contributed by atoms with Gasteiger partial charge >= 0.3 is 0 Å². The molecule has 2 heteroatoms.